The van der Waals surface area contributed by atoms with Gasteiger partial charge in [-0.2, -0.15) is 0 Å². The van der Waals surface area contributed by atoms with Crippen LogP contribution in [0.3, 0.4) is 0 Å². The van der Waals surface area contributed by atoms with Crippen molar-refractivity contribution in [3.8, 4) is 5.75 Å². The minimum atomic E-state index is -0.368. The Balaban J connectivity index is 1.36. The monoisotopic (exact) mass is 425 g/mol. The van der Waals surface area contributed by atoms with Gasteiger partial charge in [0, 0.05) is 31.7 Å². The lowest BCUT2D eigenvalue weighted by molar-refractivity contribution is 0.0762. The number of hydrogen-bond acceptors (Lipinski definition) is 3. The molecule has 6 nitrogen and oxygen atoms in total. The summed E-state index contributed by atoms with van der Waals surface area (Å²) in [5.41, 5.74) is 1.13. The lowest BCUT2D eigenvalue weighted by atomic mass is 10.2. The van der Waals surface area contributed by atoms with Crippen LogP contribution in [0.15, 0.2) is 48.5 Å². The minimum absolute atomic E-state index is 0.141. The van der Waals surface area contributed by atoms with Gasteiger partial charge in [-0.05, 0) is 68.5 Å². The molecule has 1 aliphatic carbocycles. The third-order valence-electron chi connectivity index (χ3n) is 5.89. The number of amides is 3. The largest absolute Gasteiger partial charge is 0.488 e. The van der Waals surface area contributed by atoms with Crippen LogP contribution in [0.2, 0.25) is 0 Å². The van der Waals surface area contributed by atoms with Gasteiger partial charge in [0.2, 0.25) is 0 Å². The van der Waals surface area contributed by atoms with Gasteiger partial charge in [0.05, 0.1) is 11.8 Å². The molecule has 3 amide bonds. The van der Waals surface area contributed by atoms with Crippen LogP contribution in [0.1, 0.15) is 42.5 Å². The molecule has 0 spiro atoms. The smallest absolute Gasteiger partial charge is 0.322 e. The molecular weight excluding hydrogens is 397 g/mol. The maximum absolute atomic E-state index is 13.1. The second kappa shape index (κ2) is 9.81. The van der Waals surface area contributed by atoms with Crippen molar-refractivity contribution in [3.05, 3.63) is 59.9 Å². The van der Waals surface area contributed by atoms with Crippen molar-refractivity contribution in [2.45, 2.75) is 38.2 Å². The Morgan fingerprint density at radius 1 is 0.871 bits per heavy atom. The number of para-hydroxylation sites is 2. The van der Waals surface area contributed by atoms with Crippen molar-refractivity contribution in [1.82, 2.24) is 9.80 Å². The summed E-state index contributed by atoms with van der Waals surface area (Å²) < 4.78 is 19.2. The van der Waals surface area contributed by atoms with E-state index in [1.54, 1.807) is 9.80 Å². The number of benzene rings is 2. The Bertz CT molecular complexity index is 913. The van der Waals surface area contributed by atoms with Crippen molar-refractivity contribution < 1.29 is 18.7 Å². The van der Waals surface area contributed by atoms with E-state index in [1.165, 1.54) is 37.1 Å². The third kappa shape index (κ3) is 5.34. The molecule has 2 aromatic carbocycles. The van der Waals surface area contributed by atoms with Gasteiger partial charge in [-0.15, -0.1) is 0 Å². The van der Waals surface area contributed by atoms with Crippen molar-refractivity contribution in [2.24, 2.45) is 0 Å². The normalized spacial score (nSPS) is 17.3. The van der Waals surface area contributed by atoms with E-state index >= 15 is 0 Å². The quantitative estimate of drug-likeness (QED) is 0.783. The van der Waals surface area contributed by atoms with Crippen molar-refractivity contribution in [3.63, 3.8) is 0 Å². The number of carbonyl (C=O) groups is 2. The summed E-state index contributed by atoms with van der Waals surface area (Å²) in [7, 11) is 0. The fraction of sp³-hybridized carbons (Fsp3) is 0.417. The average molecular weight is 426 g/mol. The molecule has 2 aliphatic rings. The number of ether oxygens (including phenoxy) is 1. The van der Waals surface area contributed by atoms with Gasteiger partial charge in [-0.1, -0.05) is 12.1 Å². The Morgan fingerprint density at radius 2 is 1.55 bits per heavy atom. The standard InChI is InChI=1S/C24H28FN3O3/c25-19-12-10-18(11-13-19)23(29)27-14-5-15-28(17-16-27)24(30)26-21-8-3-4-9-22(21)31-20-6-1-2-7-20/h3-4,8-13,20H,1-2,5-7,14-17H2,(H,26,30). The zero-order valence-electron chi connectivity index (χ0n) is 17.6. The molecule has 2 aromatic rings. The van der Waals surface area contributed by atoms with Gasteiger partial charge in [-0.25, -0.2) is 9.18 Å². The number of rotatable bonds is 4. The summed E-state index contributed by atoms with van der Waals surface area (Å²) in [6, 6.07) is 12.9. The molecule has 0 bridgehead atoms. The molecule has 0 atom stereocenters. The molecule has 164 valence electrons. The Morgan fingerprint density at radius 3 is 2.32 bits per heavy atom. The van der Waals surface area contributed by atoms with Crippen molar-refractivity contribution in [2.75, 3.05) is 31.5 Å². The number of nitrogens with zero attached hydrogens (tertiary/aromatic N) is 2. The van der Waals surface area contributed by atoms with Crippen LogP contribution in [-0.2, 0) is 0 Å². The maximum atomic E-state index is 13.1. The van der Waals surface area contributed by atoms with Crippen LogP contribution in [-0.4, -0.2) is 54.0 Å². The molecule has 1 saturated heterocycles. The molecule has 1 N–H and O–H groups in total. The lowest BCUT2D eigenvalue weighted by Crippen LogP contribution is -2.39. The van der Waals surface area contributed by atoms with Crippen molar-refractivity contribution >= 4 is 17.6 Å². The first-order chi connectivity index (χ1) is 15.1. The average Bonchev–Trinajstić information content (AvgIpc) is 3.16. The zero-order valence-corrected chi connectivity index (χ0v) is 17.6. The van der Waals surface area contributed by atoms with E-state index in [1.807, 2.05) is 24.3 Å². The van der Waals surface area contributed by atoms with Gasteiger partial charge in [0.1, 0.15) is 11.6 Å². The number of nitrogens with one attached hydrogen (secondary N) is 1. The number of carbonyl (C=O) groups excluding carboxylic acids is 2. The first-order valence-electron chi connectivity index (χ1n) is 11.0. The summed E-state index contributed by atoms with van der Waals surface area (Å²) in [6.07, 6.45) is 5.35. The van der Waals surface area contributed by atoms with E-state index in [9.17, 15) is 14.0 Å². The maximum Gasteiger partial charge on any atom is 0.322 e. The first kappa shape index (κ1) is 21.2. The van der Waals surface area contributed by atoms with E-state index < -0.39 is 0 Å². The predicted molar refractivity (Wildman–Crippen MR) is 117 cm³/mol. The molecule has 1 saturated carbocycles. The molecular formula is C24H28FN3O3. The highest BCUT2D eigenvalue weighted by Crippen LogP contribution is 2.30. The predicted octanol–water partition coefficient (Wildman–Crippen LogP) is 4.53. The minimum Gasteiger partial charge on any atom is -0.488 e. The number of hydrogen-bond donors (Lipinski definition) is 1. The number of halogens is 1. The van der Waals surface area contributed by atoms with Crippen LogP contribution in [0.25, 0.3) is 0 Å². The third-order valence-corrected chi connectivity index (χ3v) is 5.89. The highest BCUT2D eigenvalue weighted by Gasteiger charge is 2.24. The van der Waals surface area contributed by atoms with E-state index in [4.69, 9.17) is 4.74 Å². The fourth-order valence-corrected chi connectivity index (χ4v) is 4.15. The molecule has 1 aliphatic heterocycles. The van der Waals surface area contributed by atoms with Crippen LogP contribution in [0.4, 0.5) is 14.9 Å². The molecule has 1 heterocycles. The van der Waals surface area contributed by atoms with Crippen LogP contribution >= 0.6 is 0 Å². The van der Waals surface area contributed by atoms with Crippen LogP contribution in [0, 0.1) is 5.82 Å². The van der Waals surface area contributed by atoms with E-state index in [-0.39, 0.29) is 23.9 Å². The molecule has 0 aromatic heterocycles. The summed E-state index contributed by atoms with van der Waals surface area (Å²) in [5, 5.41) is 2.98. The Kier molecular flexibility index (Phi) is 6.70. The highest BCUT2D eigenvalue weighted by atomic mass is 19.1. The fourth-order valence-electron chi connectivity index (χ4n) is 4.15. The molecule has 4 rings (SSSR count). The Hall–Kier alpha value is -3.09. The summed E-state index contributed by atoms with van der Waals surface area (Å²) in [6.45, 7) is 1.99. The summed E-state index contributed by atoms with van der Waals surface area (Å²) >= 11 is 0. The zero-order chi connectivity index (χ0) is 21.6. The van der Waals surface area contributed by atoms with Gasteiger partial charge in [0.25, 0.3) is 5.91 Å². The topological polar surface area (TPSA) is 61.9 Å². The second-order valence-electron chi connectivity index (χ2n) is 8.09. The SMILES string of the molecule is O=C(Nc1ccccc1OC1CCCC1)N1CCCN(C(=O)c2ccc(F)cc2)CC1. The Labute approximate surface area is 182 Å². The van der Waals surface area contributed by atoms with Gasteiger partial charge in [0.15, 0.2) is 0 Å². The molecule has 0 radical (unpaired) electrons. The van der Waals surface area contributed by atoms with Gasteiger partial charge in [-0.3, -0.25) is 4.79 Å². The summed E-state index contributed by atoms with van der Waals surface area (Å²) in [4.78, 5) is 29.1. The molecule has 31 heavy (non-hydrogen) atoms. The van der Waals surface area contributed by atoms with E-state index in [2.05, 4.69) is 5.32 Å². The summed E-state index contributed by atoms with van der Waals surface area (Å²) in [5.74, 6) is 0.190. The van der Waals surface area contributed by atoms with Gasteiger partial charge >= 0.3 is 6.03 Å². The van der Waals surface area contributed by atoms with E-state index in [0.717, 1.165) is 12.8 Å². The van der Waals surface area contributed by atoms with Gasteiger partial charge < -0.3 is 19.9 Å². The lowest BCUT2D eigenvalue weighted by Gasteiger charge is -2.23. The highest BCUT2D eigenvalue weighted by molar-refractivity contribution is 5.94. The van der Waals surface area contributed by atoms with Crippen molar-refractivity contribution in [1.29, 1.82) is 0 Å². The second-order valence-corrected chi connectivity index (χ2v) is 8.09. The van der Waals surface area contributed by atoms with E-state index in [0.29, 0.717) is 49.6 Å². The van der Waals surface area contributed by atoms with Crippen LogP contribution in [0.5, 0.6) is 5.75 Å². The molecule has 7 heteroatoms. The molecule has 0 unspecified atom stereocenters. The number of urea groups is 1. The first-order valence-corrected chi connectivity index (χ1v) is 11.0. The number of anilines is 1. The molecule has 2 fully saturated rings. The van der Waals surface area contributed by atoms with Crippen LogP contribution < -0.4 is 10.1 Å².